The molecule has 1 atom stereocenters. The molecule has 152 valence electrons. The fourth-order valence-corrected chi connectivity index (χ4v) is 3.21. The summed E-state index contributed by atoms with van der Waals surface area (Å²) in [7, 11) is 1.31. The lowest BCUT2D eigenvalue weighted by Crippen LogP contribution is -2.42. The van der Waals surface area contributed by atoms with Crippen LogP contribution in [0.2, 0.25) is 0 Å². The van der Waals surface area contributed by atoms with E-state index in [0.29, 0.717) is 25.7 Å². The van der Waals surface area contributed by atoms with E-state index in [0.717, 1.165) is 35.7 Å². The second-order valence-electron chi connectivity index (χ2n) is 6.87. The van der Waals surface area contributed by atoms with Gasteiger partial charge in [0, 0.05) is 36.4 Å². The van der Waals surface area contributed by atoms with Crippen LogP contribution in [-0.4, -0.2) is 41.1 Å². The highest BCUT2D eigenvalue weighted by Gasteiger charge is 2.23. The number of rotatable bonds is 12. The molecule has 1 amide bonds. The summed E-state index contributed by atoms with van der Waals surface area (Å²) in [5.41, 5.74) is 1.93. The van der Waals surface area contributed by atoms with Gasteiger partial charge < -0.3 is 20.1 Å². The van der Waals surface area contributed by atoms with E-state index in [4.69, 9.17) is 9.84 Å². The van der Waals surface area contributed by atoms with Crippen molar-refractivity contribution in [3.8, 4) is 0 Å². The molecule has 1 heterocycles. The topological polar surface area (TPSA) is 108 Å². The number of methoxy groups -OCH3 is 1. The van der Waals surface area contributed by atoms with Gasteiger partial charge >= 0.3 is 11.9 Å². The summed E-state index contributed by atoms with van der Waals surface area (Å²) in [6, 6.07) is 7.07. The summed E-state index contributed by atoms with van der Waals surface area (Å²) in [6.07, 6.45) is 6.71. The minimum absolute atomic E-state index is 0.180. The first kappa shape index (κ1) is 21.5. The molecule has 0 spiro atoms. The molecule has 0 aliphatic rings. The molecule has 7 nitrogen and oxygen atoms in total. The number of fused-ring (bicyclic) bond motifs is 1. The van der Waals surface area contributed by atoms with E-state index in [-0.39, 0.29) is 12.3 Å². The molecule has 0 fully saturated rings. The van der Waals surface area contributed by atoms with Crippen molar-refractivity contribution in [1.82, 2.24) is 10.3 Å². The number of carbonyl (C=O) groups excluding carboxylic acids is 2. The van der Waals surface area contributed by atoms with Crippen LogP contribution in [0.3, 0.4) is 0 Å². The van der Waals surface area contributed by atoms with Crippen LogP contribution in [0, 0.1) is 0 Å². The average Bonchev–Trinajstić information content (AvgIpc) is 3.09. The minimum Gasteiger partial charge on any atom is -0.481 e. The van der Waals surface area contributed by atoms with Gasteiger partial charge in [0.25, 0.3) is 0 Å². The Morgan fingerprint density at radius 2 is 1.75 bits per heavy atom. The van der Waals surface area contributed by atoms with Gasteiger partial charge in [-0.1, -0.05) is 37.5 Å². The average molecular weight is 388 g/mol. The van der Waals surface area contributed by atoms with Crippen LogP contribution >= 0.6 is 0 Å². The van der Waals surface area contributed by atoms with Crippen molar-refractivity contribution in [2.45, 2.75) is 57.4 Å². The maximum atomic E-state index is 12.2. The molecule has 0 radical (unpaired) electrons. The fourth-order valence-electron chi connectivity index (χ4n) is 3.21. The van der Waals surface area contributed by atoms with Crippen molar-refractivity contribution in [1.29, 1.82) is 0 Å². The smallest absolute Gasteiger partial charge is 0.328 e. The Bertz CT molecular complexity index is 799. The van der Waals surface area contributed by atoms with Crippen molar-refractivity contribution in [3.05, 3.63) is 36.0 Å². The predicted octanol–water partition coefficient (Wildman–Crippen LogP) is 3.18. The molecule has 0 aliphatic heterocycles. The Kier molecular flexibility index (Phi) is 8.52. The number of carboxylic acids is 1. The van der Waals surface area contributed by atoms with E-state index >= 15 is 0 Å². The van der Waals surface area contributed by atoms with Gasteiger partial charge in [-0.25, -0.2) is 4.79 Å². The quantitative estimate of drug-likeness (QED) is 0.382. The van der Waals surface area contributed by atoms with Gasteiger partial charge in [-0.2, -0.15) is 0 Å². The molecule has 0 saturated carbocycles. The highest BCUT2D eigenvalue weighted by atomic mass is 16.5. The number of hydrogen-bond acceptors (Lipinski definition) is 4. The molecular weight excluding hydrogens is 360 g/mol. The number of aromatic nitrogens is 1. The number of carboxylic acid groups (broad SMARTS) is 1. The molecule has 2 rings (SSSR count). The third kappa shape index (κ3) is 6.72. The van der Waals surface area contributed by atoms with E-state index in [9.17, 15) is 14.4 Å². The van der Waals surface area contributed by atoms with Gasteiger partial charge in [0.15, 0.2) is 0 Å². The van der Waals surface area contributed by atoms with Crippen LogP contribution in [0.4, 0.5) is 0 Å². The zero-order chi connectivity index (χ0) is 20.4. The van der Waals surface area contributed by atoms with Crippen molar-refractivity contribution < 1.29 is 24.2 Å². The number of aliphatic carboxylic acids is 1. The third-order valence-electron chi connectivity index (χ3n) is 4.71. The molecule has 3 N–H and O–H groups in total. The van der Waals surface area contributed by atoms with Crippen LogP contribution < -0.4 is 5.32 Å². The number of aromatic amines is 1. The molecule has 0 bridgehead atoms. The summed E-state index contributed by atoms with van der Waals surface area (Å²) in [4.78, 5) is 38.0. The lowest BCUT2D eigenvalue weighted by molar-refractivity contribution is -0.145. The van der Waals surface area contributed by atoms with Crippen LogP contribution in [0.5, 0.6) is 0 Å². The first-order valence-corrected chi connectivity index (χ1v) is 9.65. The number of unbranched alkanes of at least 4 members (excludes halogenated alkanes) is 4. The summed E-state index contributed by atoms with van der Waals surface area (Å²) >= 11 is 0. The fraction of sp³-hybridized carbons (Fsp3) is 0.476. The first-order valence-electron chi connectivity index (χ1n) is 9.65. The highest BCUT2D eigenvalue weighted by molar-refractivity contribution is 5.87. The number of para-hydroxylation sites is 1. The number of H-pyrrole nitrogens is 1. The Labute approximate surface area is 164 Å². The molecule has 2 aromatic rings. The molecule has 0 saturated heterocycles. The van der Waals surface area contributed by atoms with E-state index in [2.05, 4.69) is 10.3 Å². The summed E-state index contributed by atoms with van der Waals surface area (Å²) < 4.78 is 4.85. The molecule has 1 aromatic heterocycles. The Hall–Kier alpha value is -2.83. The van der Waals surface area contributed by atoms with Gasteiger partial charge in [-0.15, -0.1) is 0 Å². The number of esters is 1. The van der Waals surface area contributed by atoms with Crippen LogP contribution in [0.15, 0.2) is 30.5 Å². The lowest BCUT2D eigenvalue weighted by atomic mass is 10.0. The summed E-state index contributed by atoms with van der Waals surface area (Å²) in [6.45, 7) is 0. The normalized spacial score (nSPS) is 11.9. The van der Waals surface area contributed by atoms with Gasteiger partial charge in [-0.05, 0) is 24.5 Å². The molecule has 0 aliphatic carbocycles. The van der Waals surface area contributed by atoms with Gasteiger partial charge in [0.1, 0.15) is 6.04 Å². The Morgan fingerprint density at radius 3 is 2.46 bits per heavy atom. The van der Waals surface area contributed by atoms with Crippen molar-refractivity contribution in [2.75, 3.05) is 7.11 Å². The van der Waals surface area contributed by atoms with Crippen molar-refractivity contribution in [3.63, 3.8) is 0 Å². The van der Waals surface area contributed by atoms with Gasteiger partial charge in [0.05, 0.1) is 7.11 Å². The van der Waals surface area contributed by atoms with E-state index in [1.54, 1.807) is 0 Å². The van der Waals surface area contributed by atoms with Crippen LogP contribution in [-0.2, 0) is 25.5 Å². The zero-order valence-corrected chi connectivity index (χ0v) is 16.2. The minimum atomic E-state index is -0.775. The maximum Gasteiger partial charge on any atom is 0.328 e. The molecular formula is C21H28N2O5. The molecule has 1 aromatic carbocycles. The Morgan fingerprint density at radius 1 is 1.07 bits per heavy atom. The van der Waals surface area contributed by atoms with Gasteiger partial charge in [0.2, 0.25) is 5.91 Å². The predicted molar refractivity (Wildman–Crippen MR) is 106 cm³/mol. The number of carbonyl (C=O) groups is 3. The Balaban J connectivity index is 1.80. The SMILES string of the molecule is COC(=O)C(Cc1c[nH]c2ccccc12)NC(=O)CCCCCCCC(=O)O. The van der Waals surface area contributed by atoms with E-state index in [1.807, 2.05) is 30.5 Å². The lowest BCUT2D eigenvalue weighted by Gasteiger charge is -2.16. The standard InChI is InChI=1S/C21H28N2O5/c1-28-21(27)18(13-15-14-22-17-10-8-7-9-16(15)17)23-19(24)11-5-3-2-4-6-12-20(25)26/h7-10,14,18,22H,2-6,11-13H2,1H3,(H,23,24)(H,25,26). The second kappa shape index (κ2) is 11.1. The zero-order valence-electron chi connectivity index (χ0n) is 16.2. The number of nitrogens with one attached hydrogen (secondary N) is 2. The molecule has 28 heavy (non-hydrogen) atoms. The van der Waals surface area contributed by atoms with Gasteiger partial charge in [-0.3, -0.25) is 9.59 Å². The van der Waals surface area contributed by atoms with Crippen molar-refractivity contribution in [2.24, 2.45) is 0 Å². The number of benzene rings is 1. The van der Waals surface area contributed by atoms with Crippen molar-refractivity contribution >= 4 is 28.7 Å². The highest BCUT2D eigenvalue weighted by Crippen LogP contribution is 2.19. The summed E-state index contributed by atoms with van der Waals surface area (Å²) in [5, 5.41) is 12.4. The summed E-state index contributed by atoms with van der Waals surface area (Å²) in [5.74, 6) is -1.42. The number of hydrogen-bond donors (Lipinski definition) is 3. The third-order valence-corrected chi connectivity index (χ3v) is 4.71. The second-order valence-corrected chi connectivity index (χ2v) is 6.87. The maximum absolute atomic E-state index is 12.2. The van der Waals surface area contributed by atoms with Crippen LogP contribution in [0.1, 0.15) is 50.5 Å². The number of amides is 1. The van der Waals surface area contributed by atoms with E-state index < -0.39 is 18.0 Å². The van der Waals surface area contributed by atoms with Crippen LogP contribution in [0.25, 0.3) is 10.9 Å². The molecule has 7 heteroatoms. The number of ether oxygens (including phenoxy) is 1. The largest absolute Gasteiger partial charge is 0.481 e. The molecule has 1 unspecified atom stereocenters. The van der Waals surface area contributed by atoms with E-state index in [1.165, 1.54) is 7.11 Å². The first-order chi connectivity index (χ1) is 13.5. The monoisotopic (exact) mass is 388 g/mol.